The quantitative estimate of drug-likeness (QED) is 0.680. The van der Waals surface area contributed by atoms with Gasteiger partial charge in [0.25, 0.3) is 0 Å². The fourth-order valence-corrected chi connectivity index (χ4v) is 2.78. The van der Waals surface area contributed by atoms with Crippen molar-refractivity contribution in [3.8, 4) is 0 Å². The molecule has 0 radical (unpaired) electrons. The van der Waals surface area contributed by atoms with Crippen LogP contribution in [-0.2, 0) is 0 Å². The molecule has 0 amide bonds. The van der Waals surface area contributed by atoms with Crippen LogP contribution in [0.1, 0.15) is 27.1 Å². The van der Waals surface area contributed by atoms with E-state index in [4.69, 9.17) is 0 Å². The van der Waals surface area contributed by atoms with E-state index in [2.05, 4.69) is 15.9 Å². The molecule has 0 fully saturated rings. The molecule has 2 rings (SSSR count). The van der Waals surface area contributed by atoms with E-state index in [1.54, 1.807) is 13.0 Å². The van der Waals surface area contributed by atoms with Crippen LogP contribution >= 0.6 is 15.9 Å². The fourth-order valence-electron chi connectivity index (χ4n) is 1.91. The Morgan fingerprint density at radius 2 is 1.56 bits per heavy atom. The van der Waals surface area contributed by atoms with Gasteiger partial charge in [-0.1, -0.05) is 40.2 Å². The average molecular weight is 311 g/mol. The summed E-state index contributed by atoms with van der Waals surface area (Å²) in [6.45, 7) is 3.60. The SMILES string of the molecule is Cc1cc(C(Br)c2ccccc2C)c(F)cc1F. The van der Waals surface area contributed by atoms with E-state index in [1.165, 1.54) is 0 Å². The Labute approximate surface area is 114 Å². The summed E-state index contributed by atoms with van der Waals surface area (Å²) in [6.07, 6.45) is 0. The van der Waals surface area contributed by atoms with Gasteiger partial charge in [0.2, 0.25) is 0 Å². The number of hydrogen-bond donors (Lipinski definition) is 0. The molecule has 0 aliphatic rings. The first-order valence-corrected chi connectivity index (χ1v) is 6.57. The van der Waals surface area contributed by atoms with Gasteiger partial charge in [-0.05, 0) is 36.6 Å². The van der Waals surface area contributed by atoms with Crippen molar-refractivity contribution in [2.24, 2.45) is 0 Å². The maximum atomic E-state index is 13.8. The van der Waals surface area contributed by atoms with Crippen LogP contribution in [0, 0.1) is 25.5 Å². The monoisotopic (exact) mass is 310 g/mol. The third kappa shape index (κ3) is 2.46. The zero-order chi connectivity index (χ0) is 13.3. The highest BCUT2D eigenvalue weighted by Crippen LogP contribution is 2.35. The number of rotatable bonds is 2. The lowest BCUT2D eigenvalue weighted by atomic mass is 9.99. The van der Waals surface area contributed by atoms with Gasteiger partial charge in [0.15, 0.2) is 0 Å². The summed E-state index contributed by atoms with van der Waals surface area (Å²) < 4.78 is 27.1. The molecule has 0 heterocycles. The Kier molecular flexibility index (Phi) is 3.81. The Morgan fingerprint density at radius 3 is 2.22 bits per heavy atom. The Hall–Kier alpha value is -1.22. The van der Waals surface area contributed by atoms with E-state index < -0.39 is 11.6 Å². The van der Waals surface area contributed by atoms with Crippen molar-refractivity contribution in [2.45, 2.75) is 18.7 Å². The van der Waals surface area contributed by atoms with Crippen LogP contribution < -0.4 is 0 Å². The summed E-state index contributed by atoms with van der Waals surface area (Å²) in [5.41, 5.74) is 2.97. The molecule has 0 spiro atoms. The summed E-state index contributed by atoms with van der Waals surface area (Å²) in [4.78, 5) is -0.266. The summed E-state index contributed by atoms with van der Waals surface area (Å²) in [5.74, 6) is -1.04. The third-order valence-corrected chi connectivity index (χ3v) is 4.00. The Bertz CT molecular complexity index is 579. The molecule has 18 heavy (non-hydrogen) atoms. The Morgan fingerprint density at radius 1 is 0.889 bits per heavy atom. The third-order valence-electron chi connectivity index (χ3n) is 3.01. The molecule has 0 saturated carbocycles. The predicted molar refractivity (Wildman–Crippen MR) is 73.0 cm³/mol. The molecule has 0 aromatic heterocycles. The largest absolute Gasteiger partial charge is 0.207 e. The first kappa shape index (κ1) is 13.2. The van der Waals surface area contributed by atoms with Gasteiger partial charge in [-0.15, -0.1) is 0 Å². The number of benzene rings is 2. The molecular formula is C15H13BrF2. The number of halogens is 3. The molecule has 0 N–H and O–H groups in total. The number of hydrogen-bond acceptors (Lipinski definition) is 0. The molecule has 2 aromatic rings. The van der Waals surface area contributed by atoms with Crippen LogP contribution in [0.4, 0.5) is 8.78 Å². The number of alkyl halides is 1. The summed E-state index contributed by atoms with van der Waals surface area (Å²) in [7, 11) is 0. The molecular weight excluding hydrogens is 298 g/mol. The molecule has 3 heteroatoms. The molecule has 0 nitrogen and oxygen atoms in total. The van der Waals surface area contributed by atoms with Gasteiger partial charge >= 0.3 is 0 Å². The fraction of sp³-hybridized carbons (Fsp3) is 0.200. The molecule has 1 atom stereocenters. The van der Waals surface area contributed by atoms with Gasteiger partial charge in [0, 0.05) is 11.6 Å². The Balaban J connectivity index is 2.50. The summed E-state index contributed by atoms with van der Waals surface area (Å²) >= 11 is 3.49. The van der Waals surface area contributed by atoms with E-state index >= 15 is 0 Å². The minimum absolute atomic E-state index is 0.266. The van der Waals surface area contributed by atoms with Crippen LogP contribution in [0.15, 0.2) is 36.4 Å². The second kappa shape index (κ2) is 5.19. The molecule has 0 bridgehead atoms. The first-order chi connectivity index (χ1) is 8.50. The van der Waals surface area contributed by atoms with Crippen LogP contribution in [0.3, 0.4) is 0 Å². The molecule has 0 aliphatic carbocycles. The van der Waals surface area contributed by atoms with Gasteiger partial charge in [-0.3, -0.25) is 0 Å². The molecule has 0 aliphatic heterocycles. The lowest BCUT2D eigenvalue weighted by molar-refractivity contribution is 0.569. The molecule has 94 valence electrons. The second-order valence-corrected chi connectivity index (χ2v) is 5.26. The zero-order valence-electron chi connectivity index (χ0n) is 10.2. The second-order valence-electron chi connectivity index (χ2n) is 4.34. The van der Waals surface area contributed by atoms with Gasteiger partial charge in [-0.25, -0.2) is 8.78 Å². The zero-order valence-corrected chi connectivity index (χ0v) is 11.8. The van der Waals surface area contributed by atoms with Crippen molar-refractivity contribution in [3.05, 3.63) is 70.3 Å². The van der Waals surface area contributed by atoms with Crippen molar-refractivity contribution >= 4 is 15.9 Å². The smallest absolute Gasteiger partial charge is 0.130 e. The normalized spacial score (nSPS) is 12.5. The van der Waals surface area contributed by atoms with Crippen LogP contribution in [0.2, 0.25) is 0 Å². The average Bonchev–Trinajstić information content (AvgIpc) is 2.33. The van der Waals surface area contributed by atoms with E-state index in [-0.39, 0.29) is 4.83 Å². The van der Waals surface area contributed by atoms with Crippen molar-refractivity contribution in [3.63, 3.8) is 0 Å². The van der Waals surface area contributed by atoms with E-state index in [1.807, 2.05) is 31.2 Å². The van der Waals surface area contributed by atoms with E-state index in [0.29, 0.717) is 11.1 Å². The molecule has 2 aromatic carbocycles. The maximum absolute atomic E-state index is 13.8. The first-order valence-electron chi connectivity index (χ1n) is 5.66. The van der Waals surface area contributed by atoms with Crippen LogP contribution in [-0.4, -0.2) is 0 Å². The van der Waals surface area contributed by atoms with Gasteiger partial charge in [0.05, 0.1) is 4.83 Å². The summed E-state index contributed by atoms with van der Waals surface area (Å²) in [5, 5.41) is 0. The maximum Gasteiger partial charge on any atom is 0.130 e. The van der Waals surface area contributed by atoms with Gasteiger partial charge < -0.3 is 0 Å². The topological polar surface area (TPSA) is 0 Å². The molecule has 0 saturated heterocycles. The van der Waals surface area contributed by atoms with Crippen molar-refractivity contribution in [2.75, 3.05) is 0 Å². The standard InChI is InChI=1S/C15H13BrF2/c1-9-5-3-4-6-11(9)15(16)12-7-10(2)13(17)8-14(12)18/h3-8,15H,1-2H3. The molecule has 1 unspecified atom stereocenters. The predicted octanol–water partition coefficient (Wildman–Crippen LogP) is 5.07. The van der Waals surface area contributed by atoms with E-state index in [9.17, 15) is 8.78 Å². The van der Waals surface area contributed by atoms with Gasteiger partial charge in [0.1, 0.15) is 11.6 Å². The summed E-state index contributed by atoms with van der Waals surface area (Å²) in [6, 6.07) is 10.2. The van der Waals surface area contributed by atoms with E-state index in [0.717, 1.165) is 17.2 Å². The minimum Gasteiger partial charge on any atom is -0.207 e. The highest BCUT2D eigenvalue weighted by molar-refractivity contribution is 9.09. The highest BCUT2D eigenvalue weighted by Gasteiger charge is 2.18. The van der Waals surface area contributed by atoms with Crippen LogP contribution in [0.25, 0.3) is 0 Å². The highest BCUT2D eigenvalue weighted by atomic mass is 79.9. The van der Waals surface area contributed by atoms with Crippen molar-refractivity contribution in [1.29, 1.82) is 0 Å². The number of aryl methyl sites for hydroxylation is 2. The van der Waals surface area contributed by atoms with Crippen LogP contribution in [0.5, 0.6) is 0 Å². The lowest BCUT2D eigenvalue weighted by Crippen LogP contribution is -2.01. The van der Waals surface area contributed by atoms with Crippen molar-refractivity contribution in [1.82, 2.24) is 0 Å². The minimum atomic E-state index is -0.525. The van der Waals surface area contributed by atoms with Crippen molar-refractivity contribution < 1.29 is 8.78 Å². The van der Waals surface area contributed by atoms with Gasteiger partial charge in [-0.2, -0.15) is 0 Å². The lowest BCUT2D eigenvalue weighted by Gasteiger charge is -2.15.